The molecule has 1 aliphatic heterocycles. The van der Waals surface area contributed by atoms with Crippen molar-refractivity contribution in [2.24, 2.45) is 10.9 Å². The molecule has 5 unspecified atom stereocenters. The van der Waals surface area contributed by atoms with Crippen molar-refractivity contribution in [1.29, 1.82) is 0 Å². The summed E-state index contributed by atoms with van der Waals surface area (Å²) in [5.41, 5.74) is 2.71. The largest absolute Gasteiger partial charge is 0.508 e. The average molecular weight is 769 g/mol. The quantitative estimate of drug-likeness (QED) is 0.0938. The summed E-state index contributed by atoms with van der Waals surface area (Å²) < 4.78 is 1.58. The van der Waals surface area contributed by atoms with Crippen LogP contribution in [-0.4, -0.2) is 67.5 Å². The van der Waals surface area contributed by atoms with E-state index in [4.69, 9.17) is 0 Å². The minimum atomic E-state index is -1.23. The standard InChI is InChI=1S/C36H42BrN5O7S/c1-36(2,3)21-10-20(11-22(37)14-21)32(26(34(48)49)16-29(46)33-41-27-6-4-5-7-30(27)50-33)42-31(47)9-8-28(45)19-12-23(15-24(43)13-19)40-35-38-17-25(44)18-39-35/h4-7,10-15,25-26,28-29,32,43-46H,8-9,16-18H2,1-3H3,(H,42,47)(H,48,49)(H2,38,39,40). The number of carbonyl (C=O) groups excluding carboxylic acids is 1. The first kappa shape index (κ1) is 37.2. The summed E-state index contributed by atoms with van der Waals surface area (Å²) in [5, 5.41) is 62.0. The van der Waals surface area contributed by atoms with Crippen LogP contribution in [0.1, 0.15) is 80.0 Å². The number of phenols is 1. The van der Waals surface area contributed by atoms with Crippen molar-refractivity contribution in [3.63, 3.8) is 0 Å². The SMILES string of the molecule is CC(C)(C)c1cc(Br)cc(C(NC(=O)CCC(O)c2cc(O)cc(NC3=NCC(O)CN3)c2)C(CC(O)c2nc3ccccc3s2)C(=O)O)c1. The molecule has 14 heteroatoms. The van der Waals surface area contributed by atoms with Gasteiger partial charge in [-0.1, -0.05) is 54.9 Å². The van der Waals surface area contributed by atoms with E-state index in [0.717, 1.165) is 10.3 Å². The fourth-order valence-corrected chi connectivity index (χ4v) is 7.20. The van der Waals surface area contributed by atoms with Gasteiger partial charge in [0.15, 0.2) is 5.96 Å². The number of carboxylic acid groups (broad SMARTS) is 1. The van der Waals surface area contributed by atoms with Gasteiger partial charge < -0.3 is 41.5 Å². The highest BCUT2D eigenvalue weighted by molar-refractivity contribution is 9.10. The van der Waals surface area contributed by atoms with Gasteiger partial charge in [-0.2, -0.15) is 0 Å². The molecule has 5 atom stereocenters. The highest BCUT2D eigenvalue weighted by Crippen LogP contribution is 2.37. The highest BCUT2D eigenvalue weighted by Gasteiger charge is 2.35. The molecule has 0 aliphatic carbocycles. The number of guanidine groups is 1. The van der Waals surface area contributed by atoms with Crippen molar-refractivity contribution >= 4 is 61.0 Å². The molecule has 1 amide bonds. The summed E-state index contributed by atoms with van der Waals surface area (Å²) in [7, 11) is 0. The first-order valence-corrected chi connectivity index (χ1v) is 17.9. The van der Waals surface area contributed by atoms with Gasteiger partial charge >= 0.3 is 5.97 Å². The maximum Gasteiger partial charge on any atom is 0.309 e. The third kappa shape index (κ3) is 9.58. The van der Waals surface area contributed by atoms with Gasteiger partial charge in [-0.25, -0.2) is 4.98 Å². The van der Waals surface area contributed by atoms with Crippen LogP contribution in [0, 0.1) is 5.92 Å². The number of benzene rings is 3. The number of phenolic OH excluding ortho intramolecular Hbond substituents is 1. The second-order valence-electron chi connectivity index (χ2n) is 13.5. The van der Waals surface area contributed by atoms with E-state index < -0.39 is 42.1 Å². The first-order chi connectivity index (χ1) is 23.7. The number of aliphatic imine (C=N–C) groups is 1. The number of para-hydroxylation sites is 1. The Bertz CT molecular complexity index is 1840. The van der Waals surface area contributed by atoms with E-state index in [-0.39, 0.29) is 37.0 Å². The number of carboxylic acids is 1. The van der Waals surface area contributed by atoms with Crippen molar-refractivity contribution in [3.05, 3.63) is 86.8 Å². The minimum Gasteiger partial charge on any atom is -0.508 e. The van der Waals surface area contributed by atoms with E-state index in [2.05, 4.69) is 41.9 Å². The Kier molecular flexibility index (Phi) is 11.8. The van der Waals surface area contributed by atoms with Crippen LogP contribution in [0.3, 0.4) is 0 Å². The summed E-state index contributed by atoms with van der Waals surface area (Å²) in [6, 6.07) is 16.5. The van der Waals surface area contributed by atoms with Gasteiger partial charge in [0.25, 0.3) is 0 Å². The van der Waals surface area contributed by atoms with Crippen LogP contribution in [-0.2, 0) is 15.0 Å². The number of β-amino-alcohol motifs (C(OH)–C–C–N with tert-alkyl or cyclic N) is 1. The van der Waals surface area contributed by atoms with Crippen LogP contribution in [0.4, 0.5) is 5.69 Å². The molecule has 5 rings (SSSR count). The minimum absolute atomic E-state index is 0.0232. The van der Waals surface area contributed by atoms with Crippen molar-refractivity contribution in [2.75, 3.05) is 18.4 Å². The number of aromatic nitrogens is 1. The van der Waals surface area contributed by atoms with Gasteiger partial charge in [0.2, 0.25) is 5.91 Å². The van der Waals surface area contributed by atoms with E-state index in [1.54, 1.807) is 12.1 Å². The fourth-order valence-electron chi connectivity index (χ4n) is 5.73. The number of aromatic hydroxyl groups is 1. The zero-order chi connectivity index (χ0) is 36.2. The van der Waals surface area contributed by atoms with Gasteiger partial charge in [0.1, 0.15) is 16.9 Å². The van der Waals surface area contributed by atoms with Crippen molar-refractivity contribution in [2.45, 2.75) is 69.8 Å². The molecule has 50 heavy (non-hydrogen) atoms. The topological polar surface area (TPSA) is 197 Å². The smallest absolute Gasteiger partial charge is 0.309 e. The molecule has 0 radical (unpaired) electrons. The molecule has 0 saturated carbocycles. The molecule has 4 aromatic rings. The van der Waals surface area contributed by atoms with Gasteiger partial charge in [-0.15, -0.1) is 11.3 Å². The molecule has 0 fully saturated rings. The van der Waals surface area contributed by atoms with E-state index in [1.165, 1.54) is 23.5 Å². The number of amides is 1. The van der Waals surface area contributed by atoms with E-state index >= 15 is 0 Å². The monoisotopic (exact) mass is 767 g/mol. The van der Waals surface area contributed by atoms with Gasteiger partial charge in [-0.05, 0) is 71.3 Å². The Morgan fingerprint density at radius 3 is 2.50 bits per heavy atom. The second-order valence-corrected chi connectivity index (χ2v) is 15.5. The Labute approximate surface area is 302 Å². The molecule has 266 valence electrons. The molecule has 8 N–H and O–H groups in total. The number of carbonyl (C=O) groups is 2. The zero-order valence-electron chi connectivity index (χ0n) is 27.9. The molecule has 0 spiro atoms. The molecular formula is C36H42BrN5O7S. The molecule has 12 nitrogen and oxygen atoms in total. The summed E-state index contributed by atoms with van der Waals surface area (Å²) in [5.74, 6) is -2.62. The molecule has 1 aliphatic rings. The average Bonchev–Trinajstić information content (AvgIpc) is 3.50. The number of fused-ring (bicyclic) bond motifs is 1. The summed E-state index contributed by atoms with van der Waals surface area (Å²) >= 11 is 4.85. The van der Waals surface area contributed by atoms with E-state index in [0.29, 0.717) is 44.3 Å². The number of hydrogen-bond acceptors (Lipinski definition) is 11. The molecule has 3 aromatic carbocycles. The normalized spacial score (nSPS) is 17.3. The third-order valence-corrected chi connectivity index (χ3v) is 10.0. The Morgan fingerprint density at radius 2 is 1.82 bits per heavy atom. The Hall–Kier alpha value is -4.08. The van der Waals surface area contributed by atoms with E-state index in [1.807, 2.05) is 57.2 Å². The maximum absolute atomic E-state index is 13.5. The summed E-state index contributed by atoms with van der Waals surface area (Å²) in [4.78, 5) is 35.2. The lowest BCUT2D eigenvalue weighted by Crippen LogP contribution is -2.42. The van der Waals surface area contributed by atoms with Crippen molar-refractivity contribution < 1.29 is 35.1 Å². The lowest BCUT2D eigenvalue weighted by molar-refractivity contribution is -0.144. The van der Waals surface area contributed by atoms with Crippen LogP contribution < -0.4 is 16.0 Å². The summed E-state index contributed by atoms with van der Waals surface area (Å²) in [6.07, 6.45) is -3.31. The lowest BCUT2D eigenvalue weighted by Gasteiger charge is -2.29. The number of hydrogen-bond donors (Lipinski definition) is 8. The summed E-state index contributed by atoms with van der Waals surface area (Å²) in [6.45, 7) is 6.64. The van der Waals surface area contributed by atoms with Gasteiger partial charge in [-0.3, -0.25) is 14.6 Å². The van der Waals surface area contributed by atoms with E-state index in [9.17, 15) is 35.1 Å². The van der Waals surface area contributed by atoms with Crippen LogP contribution in [0.2, 0.25) is 0 Å². The number of aliphatic carboxylic acids is 1. The Morgan fingerprint density at radius 1 is 1.06 bits per heavy atom. The third-order valence-electron chi connectivity index (χ3n) is 8.45. The number of nitrogens with one attached hydrogen (secondary N) is 3. The Balaban J connectivity index is 1.35. The fraction of sp³-hybridized carbons (Fsp3) is 0.389. The molecule has 1 aromatic heterocycles. The van der Waals surface area contributed by atoms with Crippen LogP contribution in [0.15, 0.2) is 70.1 Å². The molecular weight excluding hydrogens is 726 g/mol. The first-order valence-electron chi connectivity index (χ1n) is 16.3. The number of anilines is 1. The number of aliphatic hydroxyl groups is 3. The number of rotatable bonds is 12. The molecule has 0 saturated heterocycles. The predicted octanol–water partition coefficient (Wildman–Crippen LogP) is 5.29. The molecule has 0 bridgehead atoms. The predicted molar refractivity (Wildman–Crippen MR) is 196 cm³/mol. The van der Waals surface area contributed by atoms with Gasteiger partial charge in [0.05, 0.1) is 40.9 Å². The number of nitrogens with zero attached hydrogens (tertiary/aromatic N) is 2. The number of aliphatic hydroxyl groups excluding tert-OH is 3. The molecule has 2 heterocycles. The number of halogens is 1. The second kappa shape index (κ2) is 15.9. The number of thiazole rings is 1. The van der Waals surface area contributed by atoms with Crippen molar-refractivity contribution in [1.82, 2.24) is 15.6 Å². The maximum atomic E-state index is 13.5. The van der Waals surface area contributed by atoms with Crippen LogP contribution in [0.25, 0.3) is 10.2 Å². The van der Waals surface area contributed by atoms with Crippen LogP contribution >= 0.6 is 27.3 Å². The van der Waals surface area contributed by atoms with Crippen molar-refractivity contribution in [3.8, 4) is 5.75 Å². The van der Waals surface area contributed by atoms with Crippen LogP contribution in [0.5, 0.6) is 5.75 Å². The zero-order valence-corrected chi connectivity index (χ0v) is 30.3. The van der Waals surface area contributed by atoms with Gasteiger partial charge in [0, 0.05) is 29.2 Å². The lowest BCUT2D eigenvalue weighted by atomic mass is 9.82. The highest BCUT2D eigenvalue weighted by atomic mass is 79.9.